The van der Waals surface area contributed by atoms with Crippen LogP contribution in [0.25, 0.3) is 11.1 Å². The van der Waals surface area contributed by atoms with Gasteiger partial charge in [-0.25, -0.2) is 0 Å². The number of rotatable bonds is 6. The summed E-state index contributed by atoms with van der Waals surface area (Å²) >= 11 is 12.6. The largest absolute Gasteiger partial charge is 0.366 e. The average molecular weight is 401 g/mol. The second kappa shape index (κ2) is 8.20. The Morgan fingerprint density at radius 2 is 1.85 bits per heavy atom. The fourth-order valence-corrected chi connectivity index (χ4v) is 4.02. The Kier molecular flexibility index (Phi) is 5.93. The normalized spacial score (nSPS) is 11.0. The molecule has 1 amide bonds. The van der Waals surface area contributed by atoms with E-state index in [4.69, 9.17) is 28.9 Å². The molecular weight excluding hydrogens is 379 g/mol. The molecule has 0 saturated heterocycles. The molecule has 0 unspecified atom stereocenters. The van der Waals surface area contributed by atoms with Gasteiger partial charge in [0.2, 0.25) is 0 Å². The van der Waals surface area contributed by atoms with Gasteiger partial charge in [0.25, 0.3) is 5.91 Å². The van der Waals surface area contributed by atoms with E-state index in [1.54, 1.807) is 0 Å². The Hall–Kier alpha value is -2.23. The van der Waals surface area contributed by atoms with Crippen LogP contribution < -0.4 is 5.73 Å². The summed E-state index contributed by atoms with van der Waals surface area (Å²) in [5.74, 6) is -0.440. The number of amides is 1. The maximum Gasteiger partial charge on any atom is 0.251 e. The topological polar surface area (TPSA) is 48.0 Å². The smallest absolute Gasteiger partial charge is 0.251 e. The molecule has 0 radical (unpaired) electrons. The van der Waals surface area contributed by atoms with Crippen LogP contribution in [0.4, 0.5) is 0 Å². The highest BCUT2D eigenvalue weighted by atomic mass is 35.5. The Bertz CT molecular complexity index is 992. The van der Waals surface area contributed by atoms with Crippen LogP contribution >= 0.6 is 23.2 Å². The zero-order chi connectivity index (χ0) is 19.6. The second-order valence-corrected chi connectivity index (χ2v) is 7.44. The van der Waals surface area contributed by atoms with E-state index in [9.17, 15) is 4.79 Å². The van der Waals surface area contributed by atoms with E-state index < -0.39 is 5.91 Å². The minimum Gasteiger partial charge on any atom is -0.366 e. The summed E-state index contributed by atoms with van der Waals surface area (Å²) in [7, 11) is 0. The van der Waals surface area contributed by atoms with Crippen LogP contribution in [0.1, 0.15) is 40.7 Å². The molecule has 0 saturated carbocycles. The van der Waals surface area contributed by atoms with Crippen LogP contribution in [-0.2, 0) is 13.0 Å². The minimum absolute atomic E-state index is 0.440. The Morgan fingerprint density at radius 1 is 1.11 bits per heavy atom. The van der Waals surface area contributed by atoms with Crippen molar-refractivity contribution in [2.45, 2.75) is 33.2 Å². The first-order chi connectivity index (χ1) is 12.9. The molecule has 0 fully saturated rings. The van der Waals surface area contributed by atoms with Crippen LogP contribution in [-0.4, -0.2) is 10.5 Å². The van der Waals surface area contributed by atoms with Gasteiger partial charge in [-0.3, -0.25) is 4.79 Å². The van der Waals surface area contributed by atoms with Gasteiger partial charge in [-0.05, 0) is 37.1 Å². The SMILES string of the molecule is CCCc1c(-c2ccccc2Cl)c(C(N)=O)c(C)n1Cc1cccc(Cl)c1. The summed E-state index contributed by atoms with van der Waals surface area (Å²) in [6.07, 6.45) is 1.75. The van der Waals surface area contributed by atoms with Crippen LogP contribution in [0.2, 0.25) is 10.0 Å². The van der Waals surface area contributed by atoms with Crippen LogP contribution in [0, 0.1) is 6.92 Å². The third-order valence-electron chi connectivity index (χ3n) is 4.74. The molecule has 0 aliphatic rings. The summed E-state index contributed by atoms with van der Waals surface area (Å²) in [6, 6.07) is 15.3. The number of carbonyl (C=O) groups excluding carboxylic acids is 1. The molecule has 1 aromatic heterocycles. The quantitative estimate of drug-likeness (QED) is 0.552. The molecule has 0 aliphatic heterocycles. The molecule has 0 aliphatic carbocycles. The van der Waals surface area contributed by atoms with Crippen LogP contribution in [0.3, 0.4) is 0 Å². The van der Waals surface area contributed by atoms with Crippen molar-refractivity contribution in [2.75, 3.05) is 0 Å². The summed E-state index contributed by atoms with van der Waals surface area (Å²) < 4.78 is 2.16. The molecule has 0 atom stereocenters. The highest BCUT2D eigenvalue weighted by Gasteiger charge is 2.25. The minimum atomic E-state index is -0.440. The summed E-state index contributed by atoms with van der Waals surface area (Å²) in [6.45, 7) is 4.67. The number of primary amides is 1. The molecule has 0 spiro atoms. The van der Waals surface area contributed by atoms with Gasteiger partial charge >= 0.3 is 0 Å². The van der Waals surface area contributed by atoms with E-state index in [1.807, 2.05) is 55.5 Å². The van der Waals surface area contributed by atoms with E-state index in [1.165, 1.54) is 0 Å². The van der Waals surface area contributed by atoms with Gasteiger partial charge < -0.3 is 10.3 Å². The molecular formula is C22H22Cl2N2O. The molecule has 5 heteroatoms. The predicted octanol–water partition coefficient (Wildman–Crippen LogP) is 5.87. The van der Waals surface area contributed by atoms with Gasteiger partial charge in [0.15, 0.2) is 0 Å². The fraction of sp³-hybridized carbons (Fsp3) is 0.227. The maximum absolute atomic E-state index is 12.3. The lowest BCUT2D eigenvalue weighted by Crippen LogP contribution is -2.13. The standard InChI is InChI=1S/C22H22Cl2N2O/c1-3-7-19-21(17-10-4-5-11-18(17)24)20(22(25)27)14(2)26(19)13-15-8-6-9-16(23)12-15/h4-6,8-12H,3,7,13H2,1-2H3,(H2,25,27). The van der Waals surface area contributed by atoms with Crippen molar-refractivity contribution in [1.82, 2.24) is 4.57 Å². The van der Waals surface area contributed by atoms with Crippen molar-refractivity contribution >= 4 is 29.1 Å². The van der Waals surface area contributed by atoms with E-state index in [2.05, 4.69) is 11.5 Å². The molecule has 3 aromatic rings. The number of hydrogen-bond acceptors (Lipinski definition) is 1. The Morgan fingerprint density at radius 3 is 2.48 bits per heavy atom. The van der Waals surface area contributed by atoms with Gasteiger partial charge in [-0.15, -0.1) is 0 Å². The van der Waals surface area contributed by atoms with E-state index in [-0.39, 0.29) is 0 Å². The van der Waals surface area contributed by atoms with Crippen molar-refractivity contribution in [3.8, 4) is 11.1 Å². The van der Waals surface area contributed by atoms with Crippen LogP contribution in [0.15, 0.2) is 48.5 Å². The number of carbonyl (C=O) groups is 1. The zero-order valence-corrected chi connectivity index (χ0v) is 16.9. The van der Waals surface area contributed by atoms with Gasteiger partial charge in [0, 0.05) is 39.1 Å². The molecule has 27 heavy (non-hydrogen) atoms. The summed E-state index contributed by atoms with van der Waals surface area (Å²) in [5, 5.41) is 1.30. The molecule has 2 aromatic carbocycles. The lowest BCUT2D eigenvalue weighted by atomic mass is 9.98. The molecule has 3 nitrogen and oxygen atoms in total. The number of aromatic nitrogens is 1. The van der Waals surface area contributed by atoms with Crippen LogP contribution in [0.5, 0.6) is 0 Å². The zero-order valence-electron chi connectivity index (χ0n) is 15.4. The molecule has 2 N–H and O–H groups in total. The van der Waals surface area contributed by atoms with Crippen molar-refractivity contribution in [1.29, 1.82) is 0 Å². The van der Waals surface area contributed by atoms with Crippen molar-refractivity contribution in [3.05, 3.63) is 81.1 Å². The molecule has 1 heterocycles. The van der Waals surface area contributed by atoms with E-state index >= 15 is 0 Å². The fourth-order valence-electron chi connectivity index (χ4n) is 3.58. The number of hydrogen-bond donors (Lipinski definition) is 1. The van der Waals surface area contributed by atoms with Crippen molar-refractivity contribution in [2.24, 2.45) is 5.73 Å². The second-order valence-electron chi connectivity index (χ2n) is 6.59. The Labute approximate surface area is 169 Å². The van der Waals surface area contributed by atoms with Gasteiger partial charge in [-0.1, -0.05) is 66.9 Å². The van der Waals surface area contributed by atoms with Gasteiger partial charge in [0.1, 0.15) is 0 Å². The number of nitrogens with zero attached hydrogens (tertiary/aromatic N) is 1. The maximum atomic E-state index is 12.3. The Balaban J connectivity index is 2.26. The first-order valence-corrected chi connectivity index (χ1v) is 9.70. The van der Waals surface area contributed by atoms with E-state index in [0.29, 0.717) is 22.2 Å². The van der Waals surface area contributed by atoms with E-state index in [0.717, 1.165) is 40.9 Å². The van der Waals surface area contributed by atoms with Gasteiger partial charge in [-0.2, -0.15) is 0 Å². The summed E-state index contributed by atoms with van der Waals surface area (Å²) in [5.41, 5.74) is 11.0. The first-order valence-electron chi connectivity index (χ1n) is 8.95. The molecule has 3 rings (SSSR count). The third-order valence-corrected chi connectivity index (χ3v) is 5.30. The molecule has 0 bridgehead atoms. The molecule has 140 valence electrons. The number of halogens is 2. The predicted molar refractivity (Wildman–Crippen MR) is 113 cm³/mol. The van der Waals surface area contributed by atoms with Gasteiger partial charge in [0.05, 0.1) is 5.56 Å². The monoisotopic (exact) mass is 400 g/mol. The first kappa shape index (κ1) is 19.5. The number of benzene rings is 2. The summed E-state index contributed by atoms with van der Waals surface area (Å²) in [4.78, 5) is 12.3. The highest BCUT2D eigenvalue weighted by molar-refractivity contribution is 6.33. The lowest BCUT2D eigenvalue weighted by Gasteiger charge is -2.14. The number of nitrogens with two attached hydrogens (primary N) is 1. The van der Waals surface area contributed by atoms with Crippen molar-refractivity contribution < 1.29 is 4.79 Å². The highest BCUT2D eigenvalue weighted by Crippen LogP contribution is 2.37. The van der Waals surface area contributed by atoms with Crippen molar-refractivity contribution in [3.63, 3.8) is 0 Å². The average Bonchev–Trinajstić information content (AvgIpc) is 2.88. The third kappa shape index (κ3) is 3.90. The lowest BCUT2D eigenvalue weighted by molar-refractivity contribution is 0.1000.